The van der Waals surface area contributed by atoms with Crippen molar-refractivity contribution in [2.75, 3.05) is 49.1 Å². The van der Waals surface area contributed by atoms with Gasteiger partial charge in [-0.1, -0.05) is 0 Å². The summed E-state index contributed by atoms with van der Waals surface area (Å²) in [5, 5.41) is 11.5. The van der Waals surface area contributed by atoms with Gasteiger partial charge in [0.25, 0.3) is 0 Å². The third-order valence-electron chi connectivity index (χ3n) is 5.89. The van der Waals surface area contributed by atoms with E-state index >= 15 is 0 Å². The molecule has 1 fully saturated rings. The van der Waals surface area contributed by atoms with Crippen LogP contribution < -0.4 is 10.6 Å². The Morgan fingerprint density at radius 2 is 1.92 bits per heavy atom. The van der Waals surface area contributed by atoms with Gasteiger partial charge in [0.15, 0.2) is 0 Å². The summed E-state index contributed by atoms with van der Waals surface area (Å²) in [5.74, 6) is 1.08. The van der Waals surface area contributed by atoms with Crippen molar-refractivity contribution < 1.29 is 15.7 Å². The largest absolute Gasteiger partial charge is 0.444 e. The number of anilines is 1. The molecular weight excluding hydrogens is 488 g/mol. The first kappa shape index (κ1) is 28.5. The zero-order valence-electron chi connectivity index (χ0n) is 22.9. The minimum atomic E-state index is -0.725. The van der Waals surface area contributed by atoms with E-state index in [2.05, 4.69) is 50.1 Å². The maximum atomic E-state index is 10.0. The van der Waals surface area contributed by atoms with Gasteiger partial charge in [-0.05, 0) is 70.9 Å². The Morgan fingerprint density at radius 3 is 2.49 bits per heavy atom. The predicted molar refractivity (Wildman–Crippen MR) is 155 cm³/mol. The number of ether oxygens (including phenoxy) is 2. The summed E-state index contributed by atoms with van der Waals surface area (Å²) in [6.07, 6.45) is 13.6. The van der Waals surface area contributed by atoms with E-state index in [9.17, 15) is 10.1 Å². The van der Waals surface area contributed by atoms with Crippen LogP contribution in [0.4, 0.5) is 10.5 Å². The number of carbonyl (C=O) groups is 1. The first-order chi connectivity index (χ1) is 17.4. The Kier molecular flexibility index (Phi) is 9.26. The van der Waals surface area contributed by atoms with E-state index in [1.54, 1.807) is 27.0 Å². The summed E-state index contributed by atoms with van der Waals surface area (Å²) in [5.41, 5.74) is 7.78. The molecule has 3 aromatic rings. The number of primary amides is 1. The molecule has 2 N–H and O–H groups in total. The molecule has 9 nitrogen and oxygen atoms in total. The highest BCUT2D eigenvalue weighted by Gasteiger charge is 2.21. The third-order valence-corrected chi connectivity index (χ3v) is 7.28. The minimum Gasteiger partial charge on any atom is -0.444 e. The number of carbonyl (C=O) groups excluding carboxylic acids is 1. The lowest BCUT2D eigenvalue weighted by Gasteiger charge is -2.29. The zero-order chi connectivity index (χ0) is 27.2. The van der Waals surface area contributed by atoms with E-state index in [0.717, 1.165) is 47.4 Å². The molecule has 4 heterocycles. The van der Waals surface area contributed by atoms with Crippen LogP contribution in [-0.2, 0) is 16.2 Å². The summed E-state index contributed by atoms with van der Waals surface area (Å²) in [6.45, 7) is 8.59. The SMILES string of the molecule is CC(C)(C)OC(N)=O.CS(C)(C)CCOCn1c2cnc(C#N)cc2c2c(N3CCCCC3)ccnc21.[HH]. The quantitative estimate of drug-likeness (QED) is 0.433. The number of nitrogens with two attached hydrogens (primary N) is 1. The first-order valence-electron chi connectivity index (χ1n) is 12.5. The van der Waals surface area contributed by atoms with Gasteiger partial charge in [0.05, 0.1) is 23.7 Å². The average molecular weight is 531 g/mol. The molecular formula is C27H42N6O3S. The van der Waals surface area contributed by atoms with Gasteiger partial charge in [-0.25, -0.2) is 24.8 Å². The molecule has 0 bridgehead atoms. The first-order valence-corrected chi connectivity index (χ1v) is 15.6. The van der Waals surface area contributed by atoms with Gasteiger partial charge in [0, 0.05) is 37.5 Å². The van der Waals surface area contributed by atoms with E-state index in [4.69, 9.17) is 15.5 Å². The number of aromatic nitrogens is 3. The van der Waals surface area contributed by atoms with E-state index in [0.29, 0.717) is 12.4 Å². The Morgan fingerprint density at radius 1 is 1.22 bits per heavy atom. The van der Waals surface area contributed by atoms with Crippen molar-refractivity contribution in [1.29, 1.82) is 5.26 Å². The molecule has 1 aliphatic rings. The number of pyridine rings is 2. The van der Waals surface area contributed by atoms with Crippen LogP contribution in [-0.4, -0.2) is 70.4 Å². The van der Waals surface area contributed by atoms with Gasteiger partial charge in [-0.3, -0.25) is 4.57 Å². The molecule has 0 unspecified atom stereocenters. The minimum absolute atomic E-state index is 0. The smallest absolute Gasteiger partial charge is 0.405 e. The second-order valence-corrected chi connectivity index (χ2v) is 15.7. The van der Waals surface area contributed by atoms with Crippen LogP contribution in [0.15, 0.2) is 24.5 Å². The lowest BCUT2D eigenvalue weighted by Crippen LogP contribution is -2.29. The molecule has 10 heteroatoms. The number of rotatable bonds is 6. The standard InChI is InChI=1S/C22H29N5OS.C5H11NO2.H2/c1-29(2,3)12-11-28-16-27-20-15-25-17(14-23)13-18(20)21-19(7-8-24-22(21)27)26-9-5-4-6-10-26;1-5(2,3)8-4(6)7;/h7-8,13,15H,4-6,9-12,16H2,1-3H3;1-3H3,(H2,6,7);1H. The molecule has 37 heavy (non-hydrogen) atoms. The van der Waals surface area contributed by atoms with Crippen molar-refractivity contribution in [2.45, 2.75) is 52.4 Å². The summed E-state index contributed by atoms with van der Waals surface area (Å²) in [7, 11) is -0.585. The molecule has 0 atom stereocenters. The molecule has 0 radical (unpaired) electrons. The number of nitrogens with zero attached hydrogens (tertiary/aromatic N) is 5. The van der Waals surface area contributed by atoms with Gasteiger partial charge in [0.2, 0.25) is 0 Å². The normalized spacial score (nSPS) is 14.7. The Balaban J connectivity index is 0.000000493. The lowest BCUT2D eigenvalue weighted by atomic mass is 10.1. The van der Waals surface area contributed by atoms with E-state index in [1.165, 1.54) is 24.9 Å². The summed E-state index contributed by atoms with van der Waals surface area (Å²) in [6, 6.07) is 6.17. The maximum Gasteiger partial charge on any atom is 0.405 e. The highest BCUT2D eigenvalue weighted by molar-refractivity contribution is 8.32. The zero-order valence-corrected chi connectivity index (χ0v) is 23.7. The molecule has 1 saturated heterocycles. The highest BCUT2D eigenvalue weighted by atomic mass is 32.3. The fraction of sp³-hybridized carbons (Fsp3) is 0.556. The highest BCUT2D eigenvalue weighted by Crippen LogP contribution is 2.37. The number of piperidine rings is 1. The topological polar surface area (TPSA) is 119 Å². The van der Waals surface area contributed by atoms with Crippen LogP contribution in [0.25, 0.3) is 21.9 Å². The van der Waals surface area contributed by atoms with Gasteiger partial charge in [-0.15, -0.1) is 0 Å². The van der Waals surface area contributed by atoms with Gasteiger partial charge < -0.3 is 20.1 Å². The number of hydrogen-bond donors (Lipinski definition) is 1. The maximum absolute atomic E-state index is 10.0. The molecule has 0 saturated carbocycles. The van der Waals surface area contributed by atoms with Crippen molar-refractivity contribution in [3.8, 4) is 6.07 Å². The van der Waals surface area contributed by atoms with Crippen LogP contribution in [0.3, 0.4) is 0 Å². The summed E-state index contributed by atoms with van der Waals surface area (Å²) >= 11 is 0. The van der Waals surface area contributed by atoms with Crippen LogP contribution in [0, 0.1) is 11.3 Å². The Hall–Kier alpha value is -3.03. The van der Waals surface area contributed by atoms with Gasteiger partial charge in [0.1, 0.15) is 29.7 Å². The fourth-order valence-corrected chi connectivity index (χ4v) is 4.86. The van der Waals surface area contributed by atoms with E-state index < -0.39 is 21.7 Å². The monoisotopic (exact) mass is 530 g/mol. The summed E-state index contributed by atoms with van der Waals surface area (Å²) in [4.78, 5) is 21.5. The van der Waals surface area contributed by atoms with Gasteiger partial charge >= 0.3 is 6.09 Å². The van der Waals surface area contributed by atoms with Crippen molar-refractivity contribution in [3.05, 3.63) is 30.2 Å². The van der Waals surface area contributed by atoms with Gasteiger partial charge in [-0.2, -0.15) is 5.26 Å². The molecule has 1 amide bonds. The molecule has 204 valence electrons. The number of amides is 1. The van der Waals surface area contributed by atoms with Crippen molar-refractivity contribution in [3.63, 3.8) is 0 Å². The van der Waals surface area contributed by atoms with Crippen LogP contribution in [0.1, 0.15) is 47.2 Å². The molecule has 0 aromatic carbocycles. The van der Waals surface area contributed by atoms with Crippen molar-refractivity contribution in [2.24, 2.45) is 5.73 Å². The fourth-order valence-electron chi connectivity index (χ4n) is 4.24. The molecule has 1 aliphatic heterocycles. The molecule has 0 aliphatic carbocycles. The number of nitriles is 1. The van der Waals surface area contributed by atoms with Crippen LogP contribution in [0.2, 0.25) is 0 Å². The average Bonchev–Trinajstić information content (AvgIpc) is 3.13. The van der Waals surface area contributed by atoms with Crippen molar-refractivity contribution in [1.82, 2.24) is 14.5 Å². The number of hydrogen-bond acceptors (Lipinski definition) is 7. The number of fused-ring (bicyclic) bond motifs is 3. The predicted octanol–water partition coefficient (Wildman–Crippen LogP) is 5.24. The summed E-state index contributed by atoms with van der Waals surface area (Å²) < 4.78 is 12.7. The van der Waals surface area contributed by atoms with E-state index in [-0.39, 0.29) is 1.43 Å². The Bertz CT molecular complexity index is 1270. The molecule has 0 spiro atoms. The van der Waals surface area contributed by atoms with Crippen LogP contribution >= 0.6 is 10.0 Å². The lowest BCUT2D eigenvalue weighted by molar-refractivity contribution is 0.0600. The second-order valence-electron chi connectivity index (χ2n) is 11.1. The third kappa shape index (κ3) is 7.98. The van der Waals surface area contributed by atoms with E-state index in [1.807, 2.05) is 12.3 Å². The van der Waals surface area contributed by atoms with Crippen molar-refractivity contribution >= 4 is 43.7 Å². The van der Waals surface area contributed by atoms with Crippen LogP contribution in [0.5, 0.6) is 0 Å². The Labute approximate surface area is 222 Å². The second kappa shape index (κ2) is 12.0. The molecule has 4 rings (SSSR count). The molecule has 3 aromatic heterocycles.